The monoisotopic (exact) mass is 256 g/mol. The minimum Gasteiger partial charge on any atom is -0.313 e. The van der Waals surface area contributed by atoms with Crippen LogP contribution in [0.3, 0.4) is 0 Å². The van der Waals surface area contributed by atoms with Crippen molar-refractivity contribution in [1.29, 1.82) is 0 Å². The first-order chi connectivity index (χ1) is 8.91. The van der Waals surface area contributed by atoms with Crippen LogP contribution in [0.25, 0.3) is 11.3 Å². The Kier molecular flexibility index (Phi) is 3.56. The van der Waals surface area contributed by atoms with Crippen LogP contribution < -0.4 is 5.56 Å². The lowest BCUT2D eigenvalue weighted by atomic mass is 9.91. The van der Waals surface area contributed by atoms with Crippen LogP contribution in [0.15, 0.2) is 23.3 Å². The lowest BCUT2D eigenvalue weighted by molar-refractivity contribution is 0.833. The summed E-state index contributed by atoms with van der Waals surface area (Å²) in [5.41, 5.74) is 6.18. The number of nitrogens with one attached hydrogen (secondary N) is 1. The molecule has 2 rings (SSSR count). The van der Waals surface area contributed by atoms with Gasteiger partial charge in [-0.25, -0.2) is 4.98 Å². The SMILES string of the molecule is Cc1cc(C)c(-c2nc[nH]c(=O)c2C(C)C)c(C)c1. The molecule has 0 aliphatic carbocycles. The lowest BCUT2D eigenvalue weighted by Crippen LogP contribution is -2.16. The second kappa shape index (κ2) is 5.00. The van der Waals surface area contributed by atoms with Crippen molar-refractivity contribution in [3.63, 3.8) is 0 Å². The Morgan fingerprint density at radius 1 is 1.11 bits per heavy atom. The van der Waals surface area contributed by atoms with E-state index in [1.807, 2.05) is 13.8 Å². The van der Waals surface area contributed by atoms with Crippen LogP contribution in [0.1, 0.15) is 42.0 Å². The van der Waals surface area contributed by atoms with E-state index in [1.165, 1.54) is 11.9 Å². The molecule has 0 spiro atoms. The van der Waals surface area contributed by atoms with Crippen molar-refractivity contribution in [1.82, 2.24) is 9.97 Å². The first-order valence-electron chi connectivity index (χ1n) is 6.57. The third kappa shape index (κ3) is 2.46. The molecular weight excluding hydrogens is 236 g/mol. The van der Waals surface area contributed by atoms with Gasteiger partial charge in [-0.2, -0.15) is 0 Å². The van der Waals surface area contributed by atoms with Crippen molar-refractivity contribution in [3.8, 4) is 11.3 Å². The fraction of sp³-hybridized carbons (Fsp3) is 0.375. The largest absolute Gasteiger partial charge is 0.313 e. The summed E-state index contributed by atoms with van der Waals surface area (Å²) in [6, 6.07) is 4.27. The van der Waals surface area contributed by atoms with E-state index in [4.69, 9.17) is 0 Å². The summed E-state index contributed by atoms with van der Waals surface area (Å²) in [4.78, 5) is 19.2. The van der Waals surface area contributed by atoms with E-state index < -0.39 is 0 Å². The molecule has 1 heterocycles. The molecule has 0 unspecified atom stereocenters. The fourth-order valence-corrected chi connectivity index (χ4v) is 2.70. The number of hydrogen-bond acceptors (Lipinski definition) is 2. The van der Waals surface area contributed by atoms with Crippen molar-refractivity contribution in [2.45, 2.75) is 40.5 Å². The first-order valence-corrected chi connectivity index (χ1v) is 6.57. The van der Waals surface area contributed by atoms with Crippen LogP contribution in [-0.4, -0.2) is 9.97 Å². The molecule has 0 aliphatic rings. The molecule has 1 aromatic heterocycles. The topological polar surface area (TPSA) is 45.8 Å². The van der Waals surface area contributed by atoms with E-state index in [2.05, 4.69) is 42.9 Å². The van der Waals surface area contributed by atoms with Crippen molar-refractivity contribution in [3.05, 3.63) is 51.1 Å². The molecule has 2 aromatic rings. The summed E-state index contributed by atoms with van der Waals surface area (Å²) in [6.45, 7) is 10.3. The highest BCUT2D eigenvalue weighted by molar-refractivity contribution is 5.70. The van der Waals surface area contributed by atoms with Crippen LogP contribution in [0.4, 0.5) is 0 Å². The molecular formula is C16H20N2O. The van der Waals surface area contributed by atoms with Gasteiger partial charge in [0.15, 0.2) is 0 Å². The Hall–Kier alpha value is -1.90. The highest BCUT2D eigenvalue weighted by Gasteiger charge is 2.17. The summed E-state index contributed by atoms with van der Waals surface area (Å²) in [6.07, 6.45) is 1.49. The number of aromatic amines is 1. The molecule has 3 heteroatoms. The lowest BCUT2D eigenvalue weighted by Gasteiger charge is -2.15. The maximum Gasteiger partial charge on any atom is 0.254 e. The second-order valence-corrected chi connectivity index (χ2v) is 5.42. The van der Waals surface area contributed by atoms with Gasteiger partial charge in [-0.15, -0.1) is 0 Å². The summed E-state index contributed by atoms with van der Waals surface area (Å²) >= 11 is 0. The number of nitrogens with zero attached hydrogens (tertiary/aromatic N) is 1. The number of rotatable bonds is 2. The van der Waals surface area contributed by atoms with E-state index >= 15 is 0 Å². The van der Waals surface area contributed by atoms with Gasteiger partial charge in [0, 0.05) is 11.1 Å². The standard InChI is InChI=1S/C16H20N2O/c1-9(2)13-15(17-8-18-16(13)19)14-11(4)6-10(3)7-12(14)5/h6-9H,1-5H3,(H,17,18,19). The zero-order valence-electron chi connectivity index (χ0n) is 12.2. The molecule has 0 saturated carbocycles. The number of aromatic nitrogens is 2. The summed E-state index contributed by atoms with van der Waals surface area (Å²) in [5.74, 6) is 0.146. The van der Waals surface area contributed by atoms with Crippen molar-refractivity contribution < 1.29 is 0 Å². The molecule has 1 N–H and O–H groups in total. The van der Waals surface area contributed by atoms with E-state index in [-0.39, 0.29) is 11.5 Å². The predicted octanol–water partition coefficient (Wildman–Crippen LogP) is 3.49. The summed E-state index contributed by atoms with van der Waals surface area (Å²) in [7, 11) is 0. The van der Waals surface area contributed by atoms with Crippen LogP contribution in [0.2, 0.25) is 0 Å². The molecule has 0 atom stereocenters. The Balaban J connectivity index is 2.80. The van der Waals surface area contributed by atoms with Gasteiger partial charge in [0.25, 0.3) is 5.56 Å². The minimum atomic E-state index is -0.0422. The van der Waals surface area contributed by atoms with Gasteiger partial charge < -0.3 is 4.98 Å². The van der Waals surface area contributed by atoms with Gasteiger partial charge in [0.2, 0.25) is 0 Å². The maximum atomic E-state index is 12.0. The predicted molar refractivity (Wildman–Crippen MR) is 78.6 cm³/mol. The molecule has 19 heavy (non-hydrogen) atoms. The van der Waals surface area contributed by atoms with Gasteiger partial charge >= 0.3 is 0 Å². The molecule has 0 amide bonds. The van der Waals surface area contributed by atoms with Crippen LogP contribution in [0, 0.1) is 20.8 Å². The summed E-state index contributed by atoms with van der Waals surface area (Å²) < 4.78 is 0. The zero-order chi connectivity index (χ0) is 14.2. The number of H-pyrrole nitrogens is 1. The van der Waals surface area contributed by atoms with Gasteiger partial charge in [0.05, 0.1) is 12.0 Å². The van der Waals surface area contributed by atoms with Gasteiger partial charge in [0.1, 0.15) is 0 Å². The average Bonchev–Trinajstić information content (AvgIpc) is 2.26. The smallest absolute Gasteiger partial charge is 0.254 e. The number of benzene rings is 1. The molecule has 0 aliphatic heterocycles. The maximum absolute atomic E-state index is 12.0. The third-order valence-electron chi connectivity index (χ3n) is 3.38. The van der Waals surface area contributed by atoms with Crippen molar-refractivity contribution in [2.75, 3.05) is 0 Å². The molecule has 0 bridgehead atoms. The normalized spacial score (nSPS) is 11.1. The molecule has 1 aromatic carbocycles. The van der Waals surface area contributed by atoms with Crippen molar-refractivity contribution >= 4 is 0 Å². The van der Waals surface area contributed by atoms with Crippen LogP contribution >= 0.6 is 0 Å². The minimum absolute atomic E-state index is 0.0422. The Labute approximate surface area is 113 Å². The van der Waals surface area contributed by atoms with Gasteiger partial charge in [-0.3, -0.25) is 4.79 Å². The molecule has 0 fully saturated rings. The average molecular weight is 256 g/mol. The van der Waals surface area contributed by atoms with E-state index in [9.17, 15) is 4.79 Å². The molecule has 3 nitrogen and oxygen atoms in total. The van der Waals surface area contributed by atoms with Crippen molar-refractivity contribution in [2.24, 2.45) is 0 Å². The highest BCUT2D eigenvalue weighted by atomic mass is 16.1. The third-order valence-corrected chi connectivity index (χ3v) is 3.38. The highest BCUT2D eigenvalue weighted by Crippen LogP contribution is 2.30. The molecule has 0 saturated heterocycles. The van der Waals surface area contributed by atoms with Crippen LogP contribution in [0.5, 0.6) is 0 Å². The van der Waals surface area contributed by atoms with Crippen LogP contribution in [-0.2, 0) is 0 Å². The number of hydrogen-bond donors (Lipinski definition) is 1. The molecule has 100 valence electrons. The van der Waals surface area contributed by atoms with Gasteiger partial charge in [-0.05, 0) is 37.8 Å². The molecule has 0 radical (unpaired) electrons. The first kappa shape index (κ1) is 13.5. The van der Waals surface area contributed by atoms with E-state index in [0.717, 1.165) is 27.9 Å². The zero-order valence-corrected chi connectivity index (χ0v) is 12.2. The Bertz CT molecular complexity index is 646. The second-order valence-electron chi connectivity index (χ2n) is 5.42. The Morgan fingerprint density at radius 2 is 1.68 bits per heavy atom. The quantitative estimate of drug-likeness (QED) is 0.894. The van der Waals surface area contributed by atoms with E-state index in [1.54, 1.807) is 0 Å². The number of aryl methyl sites for hydroxylation is 3. The fourth-order valence-electron chi connectivity index (χ4n) is 2.70. The van der Waals surface area contributed by atoms with E-state index in [0.29, 0.717) is 0 Å². The summed E-state index contributed by atoms with van der Waals surface area (Å²) in [5, 5.41) is 0. The Morgan fingerprint density at radius 3 is 2.21 bits per heavy atom. The van der Waals surface area contributed by atoms with Gasteiger partial charge in [-0.1, -0.05) is 31.5 Å².